The molecule has 0 bridgehead atoms. The van der Waals surface area contributed by atoms with E-state index < -0.39 is 0 Å². The molecule has 7 heteroatoms. The Morgan fingerprint density at radius 3 is 2.80 bits per heavy atom. The van der Waals surface area contributed by atoms with E-state index in [1.54, 1.807) is 31.7 Å². The molecule has 3 aromatic rings. The first-order valence-electron chi connectivity index (χ1n) is 10.2. The minimum Gasteiger partial charge on any atom is -0.481 e. The van der Waals surface area contributed by atoms with Gasteiger partial charge in [-0.05, 0) is 24.1 Å². The summed E-state index contributed by atoms with van der Waals surface area (Å²) in [4.78, 5) is 26.5. The number of amides is 1. The van der Waals surface area contributed by atoms with Crippen LogP contribution < -0.4 is 9.64 Å². The molecule has 2 aliphatic heterocycles. The van der Waals surface area contributed by atoms with Gasteiger partial charge in [0.05, 0.1) is 25.0 Å². The quantitative estimate of drug-likeness (QED) is 0.664. The number of nitrogens with zero attached hydrogens (tertiary/aromatic N) is 4. The van der Waals surface area contributed by atoms with Gasteiger partial charge in [0.1, 0.15) is 6.26 Å². The van der Waals surface area contributed by atoms with Crippen LogP contribution in [0.25, 0.3) is 0 Å². The predicted molar refractivity (Wildman–Crippen MR) is 111 cm³/mol. The summed E-state index contributed by atoms with van der Waals surface area (Å²) in [6.07, 6.45) is 4.80. The molecule has 0 aliphatic carbocycles. The zero-order valence-electron chi connectivity index (χ0n) is 17.1. The highest BCUT2D eigenvalue weighted by atomic mass is 16.5. The molecule has 0 spiro atoms. The van der Waals surface area contributed by atoms with Crippen LogP contribution in [0.1, 0.15) is 27.5 Å². The molecule has 1 amide bonds. The molecule has 154 valence electrons. The van der Waals surface area contributed by atoms with Gasteiger partial charge in [-0.2, -0.15) is 4.98 Å². The second-order valence-electron chi connectivity index (χ2n) is 8.00. The molecule has 1 aromatic carbocycles. The molecule has 7 nitrogen and oxygen atoms in total. The first kappa shape index (κ1) is 18.7. The summed E-state index contributed by atoms with van der Waals surface area (Å²) in [6, 6.07) is 11.8. The van der Waals surface area contributed by atoms with Crippen molar-refractivity contribution in [3.8, 4) is 5.88 Å². The van der Waals surface area contributed by atoms with Crippen LogP contribution >= 0.6 is 0 Å². The maximum absolute atomic E-state index is 13.3. The van der Waals surface area contributed by atoms with E-state index in [1.807, 2.05) is 17.0 Å². The summed E-state index contributed by atoms with van der Waals surface area (Å²) in [7, 11) is 1.61. The highest BCUT2D eigenvalue weighted by molar-refractivity contribution is 5.94. The maximum Gasteiger partial charge on any atom is 0.257 e. The number of likely N-dealkylation sites (tertiary alicyclic amines) is 1. The number of carbonyl (C=O) groups excluding carboxylic acids is 1. The number of ether oxygens (including phenoxy) is 1. The molecule has 30 heavy (non-hydrogen) atoms. The van der Waals surface area contributed by atoms with Gasteiger partial charge in [0.15, 0.2) is 0 Å². The monoisotopic (exact) mass is 404 g/mol. The van der Waals surface area contributed by atoms with Crippen LogP contribution in [-0.4, -0.2) is 47.5 Å². The van der Waals surface area contributed by atoms with Gasteiger partial charge in [0.25, 0.3) is 5.91 Å². The molecular formula is C23H24N4O3. The topological polar surface area (TPSA) is 71.7 Å². The molecule has 3 atom stereocenters. The van der Waals surface area contributed by atoms with Crippen molar-refractivity contribution < 1.29 is 13.9 Å². The van der Waals surface area contributed by atoms with Gasteiger partial charge >= 0.3 is 0 Å². The third-order valence-corrected chi connectivity index (χ3v) is 6.31. The Bertz CT molecular complexity index is 1050. The number of furan rings is 1. The molecule has 5 rings (SSSR count). The summed E-state index contributed by atoms with van der Waals surface area (Å²) >= 11 is 0. The van der Waals surface area contributed by atoms with Crippen molar-refractivity contribution in [2.45, 2.75) is 13.0 Å². The van der Waals surface area contributed by atoms with Gasteiger partial charge in [-0.15, -0.1) is 0 Å². The Morgan fingerprint density at radius 1 is 1.17 bits per heavy atom. The van der Waals surface area contributed by atoms with E-state index in [9.17, 15) is 4.79 Å². The van der Waals surface area contributed by atoms with Gasteiger partial charge < -0.3 is 19.0 Å². The first-order chi connectivity index (χ1) is 14.7. The Hall–Kier alpha value is -3.35. The normalized spacial score (nSPS) is 22.9. The van der Waals surface area contributed by atoms with Gasteiger partial charge in [0, 0.05) is 43.7 Å². The second kappa shape index (κ2) is 7.48. The first-order valence-corrected chi connectivity index (χ1v) is 10.2. The van der Waals surface area contributed by atoms with Crippen LogP contribution in [0.4, 0.5) is 5.95 Å². The molecule has 2 aromatic heterocycles. The number of methoxy groups -OCH3 is 1. The van der Waals surface area contributed by atoms with E-state index in [0.717, 1.165) is 13.1 Å². The van der Waals surface area contributed by atoms with E-state index >= 15 is 0 Å². The molecule has 0 unspecified atom stereocenters. The lowest BCUT2D eigenvalue weighted by atomic mass is 9.87. The third kappa shape index (κ3) is 3.10. The van der Waals surface area contributed by atoms with E-state index in [-0.39, 0.29) is 11.9 Å². The van der Waals surface area contributed by atoms with Crippen molar-refractivity contribution in [2.75, 3.05) is 31.6 Å². The number of hydrogen-bond donors (Lipinski definition) is 0. The third-order valence-electron chi connectivity index (χ3n) is 6.31. The highest BCUT2D eigenvalue weighted by Crippen LogP contribution is 2.46. The fraction of sp³-hybridized carbons (Fsp3) is 0.348. The largest absolute Gasteiger partial charge is 0.481 e. The highest BCUT2D eigenvalue weighted by Gasteiger charge is 2.50. The zero-order chi connectivity index (χ0) is 20.7. The van der Waals surface area contributed by atoms with Crippen LogP contribution in [0.2, 0.25) is 0 Å². The van der Waals surface area contributed by atoms with Crippen molar-refractivity contribution in [3.63, 3.8) is 0 Å². The van der Waals surface area contributed by atoms with E-state index in [4.69, 9.17) is 9.15 Å². The number of rotatable bonds is 4. The van der Waals surface area contributed by atoms with Gasteiger partial charge in [-0.3, -0.25) is 4.79 Å². The van der Waals surface area contributed by atoms with Crippen molar-refractivity contribution in [2.24, 2.45) is 11.8 Å². The van der Waals surface area contributed by atoms with Crippen LogP contribution in [0.3, 0.4) is 0 Å². The summed E-state index contributed by atoms with van der Waals surface area (Å²) in [6.45, 7) is 4.43. The summed E-state index contributed by atoms with van der Waals surface area (Å²) in [5.74, 6) is 1.91. The van der Waals surface area contributed by atoms with Crippen LogP contribution in [0.15, 0.2) is 59.5 Å². The fourth-order valence-electron chi connectivity index (χ4n) is 4.88. The SMILES string of the molecule is COc1ccnc(N2C[C@H]3CN(C(=O)c4ccoc4)[C@@H](c4ccccc4C)[C@H]3C2)n1. The predicted octanol–water partition coefficient (Wildman–Crippen LogP) is 3.34. The number of fused-ring (bicyclic) bond motifs is 1. The van der Waals surface area contributed by atoms with Gasteiger partial charge in [-0.1, -0.05) is 24.3 Å². The molecule has 2 aliphatic rings. The molecule has 0 N–H and O–H groups in total. The maximum atomic E-state index is 13.3. The standard InChI is InChI=1S/C23H24N4O3/c1-15-5-3-4-6-18(15)21-19-13-26(23-24-9-7-20(25-23)29-2)11-17(19)12-27(21)22(28)16-8-10-30-14-16/h3-10,14,17,19,21H,11-13H2,1-2H3/t17-,19-,21-/m0/s1. The molecule has 4 heterocycles. The number of aromatic nitrogens is 2. The fourth-order valence-corrected chi connectivity index (χ4v) is 4.88. The number of anilines is 1. The smallest absolute Gasteiger partial charge is 0.257 e. The van der Waals surface area contributed by atoms with Crippen molar-refractivity contribution >= 4 is 11.9 Å². The summed E-state index contributed by atoms with van der Waals surface area (Å²) in [5.41, 5.74) is 3.00. The molecular weight excluding hydrogens is 380 g/mol. The van der Waals surface area contributed by atoms with E-state index in [0.29, 0.717) is 35.8 Å². The van der Waals surface area contributed by atoms with Crippen LogP contribution in [-0.2, 0) is 0 Å². The van der Waals surface area contributed by atoms with Crippen molar-refractivity contribution in [3.05, 3.63) is 71.8 Å². The van der Waals surface area contributed by atoms with Gasteiger partial charge in [0.2, 0.25) is 11.8 Å². The Kier molecular flexibility index (Phi) is 4.65. The lowest BCUT2D eigenvalue weighted by molar-refractivity contribution is 0.0714. The minimum absolute atomic E-state index is 0.00853. The zero-order valence-corrected chi connectivity index (χ0v) is 17.1. The number of hydrogen-bond acceptors (Lipinski definition) is 6. The Labute approximate surface area is 175 Å². The second-order valence-corrected chi connectivity index (χ2v) is 8.00. The summed E-state index contributed by atoms with van der Waals surface area (Å²) in [5, 5.41) is 0. The summed E-state index contributed by atoms with van der Waals surface area (Å²) < 4.78 is 10.4. The minimum atomic E-state index is 0.00853. The average Bonchev–Trinajstić information content (AvgIpc) is 3.50. The van der Waals surface area contributed by atoms with E-state index in [1.165, 1.54) is 17.4 Å². The molecule has 0 radical (unpaired) electrons. The lowest BCUT2D eigenvalue weighted by Gasteiger charge is -2.30. The van der Waals surface area contributed by atoms with Crippen LogP contribution in [0.5, 0.6) is 5.88 Å². The number of carbonyl (C=O) groups is 1. The van der Waals surface area contributed by atoms with Crippen molar-refractivity contribution in [1.29, 1.82) is 0 Å². The number of benzene rings is 1. The van der Waals surface area contributed by atoms with E-state index in [2.05, 4.69) is 33.9 Å². The molecule has 2 saturated heterocycles. The lowest BCUT2D eigenvalue weighted by Crippen LogP contribution is -2.36. The molecule has 0 saturated carbocycles. The van der Waals surface area contributed by atoms with Gasteiger partial charge in [-0.25, -0.2) is 4.98 Å². The Morgan fingerprint density at radius 2 is 2.03 bits per heavy atom. The van der Waals surface area contributed by atoms with Crippen molar-refractivity contribution in [1.82, 2.24) is 14.9 Å². The molecule has 2 fully saturated rings. The Balaban J connectivity index is 1.48. The average molecular weight is 404 g/mol. The number of aryl methyl sites for hydroxylation is 1. The van der Waals surface area contributed by atoms with Crippen LogP contribution in [0, 0.1) is 18.8 Å².